The first kappa shape index (κ1) is 31.9. The maximum absolute atomic E-state index is 6.82. The van der Waals surface area contributed by atoms with Crippen LogP contribution >= 0.6 is 11.8 Å². The summed E-state index contributed by atoms with van der Waals surface area (Å²) in [6.07, 6.45) is 9.07. The molecule has 1 aliphatic carbocycles. The van der Waals surface area contributed by atoms with Gasteiger partial charge < -0.3 is 9.32 Å². The minimum atomic E-state index is 0.428. The van der Waals surface area contributed by atoms with Crippen molar-refractivity contribution in [2.75, 3.05) is 4.90 Å². The van der Waals surface area contributed by atoms with Crippen molar-refractivity contribution in [3.8, 4) is 33.4 Å². The van der Waals surface area contributed by atoms with E-state index in [-0.39, 0.29) is 0 Å². The Morgan fingerprint density at radius 3 is 1.91 bits per heavy atom. The number of thioether (sulfide) groups is 1. The molecule has 3 heteroatoms. The minimum absolute atomic E-state index is 0.428. The van der Waals surface area contributed by atoms with Gasteiger partial charge in [0.1, 0.15) is 11.2 Å². The fraction of sp³-hybridized carbons (Fsp3) is 0.0385. The summed E-state index contributed by atoms with van der Waals surface area (Å²) in [5, 5.41) is 4.93. The molecule has 1 aromatic heterocycles. The molecule has 2 nitrogen and oxygen atoms in total. The molecule has 0 saturated heterocycles. The lowest BCUT2D eigenvalue weighted by atomic mass is 9.90. The van der Waals surface area contributed by atoms with Crippen molar-refractivity contribution >= 4 is 61.5 Å². The quantitative estimate of drug-likeness (QED) is 0.170. The van der Waals surface area contributed by atoms with Crippen molar-refractivity contribution in [3.63, 3.8) is 0 Å². The molecule has 2 heterocycles. The van der Waals surface area contributed by atoms with E-state index in [1.54, 1.807) is 0 Å². The molecule has 0 spiro atoms. The van der Waals surface area contributed by atoms with Gasteiger partial charge in [0, 0.05) is 43.8 Å². The molecule has 8 aromatic carbocycles. The summed E-state index contributed by atoms with van der Waals surface area (Å²) in [6, 6.07) is 63.6. The first-order valence-corrected chi connectivity index (χ1v) is 19.8. The van der Waals surface area contributed by atoms with Gasteiger partial charge in [-0.1, -0.05) is 158 Å². The molecular weight excluding hydrogens is 687 g/mol. The molecule has 9 aromatic rings. The highest BCUT2D eigenvalue weighted by atomic mass is 32.2. The highest BCUT2D eigenvalue weighted by molar-refractivity contribution is 8.00. The SMILES string of the molecule is C1=CC2Sc3c(-c4ccc(N(c5ccc(-c6ccccc6)cc5)c5c(-c6ccccc6)ccc6oc7c8ccccc8ccc7c56)cc4)cccc3C2C=C1. The molecule has 0 N–H and O–H groups in total. The lowest BCUT2D eigenvalue weighted by Gasteiger charge is -2.29. The summed E-state index contributed by atoms with van der Waals surface area (Å²) in [4.78, 5) is 3.82. The Morgan fingerprint density at radius 2 is 1.13 bits per heavy atom. The zero-order chi connectivity index (χ0) is 36.3. The second-order valence-electron chi connectivity index (χ2n) is 14.4. The first-order chi connectivity index (χ1) is 27.3. The maximum Gasteiger partial charge on any atom is 0.143 e. The van der Waals surface area contributed by atoms with E-state index < -0.39 is 0 Å². The number of furan rings is 1. The number of allylic oxidation sites excluding steroid dienone is 3. The Balaban J connectivity index is 1.14. The van der Waals surface area contributed by atoms with Crippen LogP contribution in [0.5, 0.6) is 0 Å². The van der Waals surface area contributed by atoms with Crippen LogP contribution < -0.4 is 4.90 Å². The molecule has 11 rings (SSSR count). The van der Waals surface area contributed by atoms with Crippen molar-refractivity contribution in [3.05, 3.63) is 206 Å². The summed E-state index contributed by atoms with van der Waals surface area (Å²) in [5.74, 6) is 0.428. The van der Waals surface area contributed by atoms with Crippen molar-refractivity contribution < 1.29 is 4.42 Å². The van der Waals surface area contributed by atoms with E-state index in [4.69, 9.17) is 4.42 Å². The monoisotopic (exact) mass is 721 g/mol. The zero-order valence-corrected chi connectivity index (χ0v) is 30.8. The van der Waals surface area contributed by atoms with Gasteiger partial charge in [0.2, 0.25) is 0 Å². The molecule has 2 atom stereocenters. The predicted octanol–water partition coefficient (Wildman–Crippen LogP) is 14.9. The average molecular weight is 722 g/mol. The molecule has 2 aliphatic rings. The molecule has 0 bridgehead atoms. The van der Waals surface area contributed by atoms with E-state index in [0.29, 0.717) is 11.2 Å². The fourth-order valence-electron chi connectivity index (χ4n) is 8.58. The van der Waals surface area contributed by atoms with Crippen molar-refractivity contribution in [1.82, 2.24) is 0 Å². The molecule has 0 fully saturated rings. The van der Waals surface area contributed by atoms with Crippen LogP contribution in [0.25, 0.3) is 66.1 Å². The second-order valence-corrected chi connectivity index (χ2v) is 15.6. The summed E-state index contributed by atoms with van der Waals surface area (Å²) in [7, 11) is 0. The van der Waals surface area contributed by atoms with Gasteiger partial charge in [-0.15, -0.1) is 11.8 Å². The van der Waals surface area contributed by atoms with Gasteiger partial charge in [-0.05, 0) is 81.2 Å². The molecule has 0 radical (unpaired) electrons. The van der Waals surface area contributed by atoms with Gasteiger partial charge in [-0.2, -0.15) is 0 Å². The van der Waals surface area contributed by atoms with Crippen LogP contribution in [-0.4, -0.2) is 5.25 Å². The standard InChI is InChI=1S/C52H35NOS/c1-3-12-34(13-4-1)35-22-27-39(28-23-35)53(40-29-24-38(25-30-40)43-19-11-20-45-44-18-9-10-21-48(44)55-52(43)45)50-41(36-14-5-2-6-15-36)32-33-47-49(50)46-31-26-37-16-7-8-17-42(37)51(46)54-47/h1-33,44,48H. The van der Waals surface area contributed by atoms with Crippen molar-refractivity contribution in [1.29, 1.82) is 0 Å². The number of nitrogens with zero attached hydrogens (tertiary/aromatic N) is 1. The van der Waals surface area contributed by atoms with Gasteiger partial charge in [-0.3, -0.25) is 0 Å². The Morgan fingerprint density at radius 1 is 0.473 bits per heavy atom. The zero-order valence-electron chi connectivity index (χ0n) is 30.0. The molecule has 260 valence electrons. The number of hydrogen-bond donors (Lipinski definition) is 0. The Hall–Kier alpha value is -6.55. The van der Waals surface area contributed by atoms with Crippen LogP contribution in [0.3, 0.4) is 0 Å². The lowest BCUT2D eigenvalue weighted by molar-refractivity contribution is 0.673. The smallest absolute Gasteiger partial charge is 0.143 e. The number of hydrogen-bond acceptors (Lipinski definition) is 3. The van der Waals surface area contributed by atoms with Crippen LogP contribution in [-0.2, 0) is 0 Å². The molecule has 2 unspecified atom stereocenters. The van der Waals surface area contributed by atoms with E-state index in [1.807, 2.05) is 11.8 Å². The summed E-state index contributed by atoms with van der Waals surface area (Å²) in [5.41, 5.74) is 13.6. The Labute approximate surface area is 324 Å². The lowest BCUT2D eigenvalue weighted by Crippen LogP contribution is -2.12. The predicted molar refractivity (Wildman–Crippen MR) is 233 cm³/mol. The molecule has 0 amide bonds. The first-order valence-electron chi connectivity index (χ1n) is 18.9. The third kappa shape index (κ3) is 5.34. The molecule has 55 heavy (non-hydrogen) atoms. The highest BCUT2D eigenvalue weighted by Gasteiger charge is 2.33. The summed E-state index contributed by atoms with van der Waals surface area (Å²) < 4.78 is 6.82. The minimum Gasteiger partial charge on any atom is -0.455 e. The normalized spacial score (nSPS) is 15.8. The van der Waals surface area contributed by atoms with E-state index in [2.05, 4.69) is 205 Å². The van der Waals surface area contributed by atoms with Gasteiger partial charge >= 0.3 is 0 Å². The van der Waals surface area contributed by atoms with Gasteiger partial charge in [-0.25, -0.2) is 0 Å². The second kappa shape index (κ2) is 13.1. The molecule has 0 saturated carbocycles. The third-order valence-corrected chi connectivity index (χ3v) is 12.6. The number of benzene rings is 8. The van der Waals surface area contributed by atoms with Crippen molar-refractivity contribution in [2.45, 2.75) is 16.1 Å². The maximum atomic E-state index is 6.82. The topological polar surface area (TPSA) is 16.4 Å². The van der Waals surface area contributed by atoms with Gasteiger partial charge in [0.05, 0.1) is 11.1 Å². The van der Waals surface area contributed by atoms with E-state index in [9.17, 15) is 0 Å². The highest BCUT2D eigenvalue weighted by Crippen LogP contribution is 2.53. The summed E-state index contributed by atoms with van der Waals surface area (Å²) >= 11 is 1.99. The number of fused-ring (bicyclic) bond motifs is 8. The van der Waals surface area contributed by atoms with Gasteiger partial charge in [0.15, 0.2) is 0 Å². The van der Waals surface area contributed by atoms with E-state index in [1.165, 1.54) is 38.1 Å². The Bertz CT molecular complexity index is 2940. The fourth-order valence-corrected chi connectivity index (χ4v) is 10.1. The largest absolute Gasteiger partial charge is 0.455 e. The van der Waals surface area contributed by atoms with E-state index >= 15 is 0 Å². The van der Waals surface area contributed by atoms with Crippen LogP contribution in [0.4, 0.5) is 17.1 Å². The summed E-state index contributed by atoms with van der Waals surface area (Å²) in [6.45, 7) is 0. The Kier molecular flexibility index (Phi) is 7.60. The molecular formula is C52H35NOS. The third-order valence-electron chi connectivity index (χ3n) is 11.2. The van der Waals surface area contributed by atoms with Gasteiger partial charge in [0.25, 0.3) is 0 Å². The van der Waals surface area contributed by atoms with Crippen LogP contribution in [0.2, 0.25) is 0 Å². The van der Waals surface area contributed by atoms with Crippen LogP contribution in [0.1, 0.15) is 11.5 Å². The van der Waals surface area contributed by atoms with Crippen LogP contribution in [0, 0.1) is 0 Å². The number of anilines is 3. The van der Waals surface area contributed by atoms with Crippen molar-refractivity contribution in [2.24, 2.45) is 0 Å². The molecule has 1 aliphatic heterocycles. The van der Waals surface area contributed by atoms with Crippen LogP contribution in [0.15, 0.2) is 210 Å². The van der Waals surface area contributed by atoms with E-state index in [0.717, 1.165) is 55.5 Å². The average Bonchev–Trinajstić information content (AvgIpc) is 3.84. The number of rotatable bonds is 6.